The summed E-state index contributed by atoms with van der Waals surface area (Å²) >= 11 is 0. The first-order valence-corrected chi connectivity index (χ1v) is 5.09. The molecule has 0 saturated carbocycles. The van der Waals surface area contributed by atoms with Crippen LogP contribution in [-0.4, -0.2) is 23.9 Å². The Labute approximate surface area is 82.4 Å². The van der Waals surface area contributed by atoms with Crippen molar-refractivity contribution in [1.29, 1.82) is 0 Å². The lowest BCUT2D eigenvalue weighted by molar-refractivity contribution is -0.306. The fourth-order valence-electron chi connectivity index (χ4n) is 0.625. The Morgan fingerprint density at radius 3 is 1.46 bits per heavy atom. The molecule has 1 heterocycles. The Kier molecular flexibility index (Phi) is 11.8. The molecule has 0 amide bonds. The van der Waals surface area contributed by atoms with E-state index >= 15 is 0 Å². The van der Waals surface area contributed by atoms with Crippen LogP contribution in [0.4, 0.5) is 0 Å². The Morgan fingerprint density at radius 2 is 1.38 bits per heavy atom. The molecule has 0 atom stereocenters. The van der Waals surface area contributed by atoms with Crippen LogP contribution >= 0.6 is 0 Å². The third-order valence-electron chi connectivity index (χ3n) is 1.23. The van der Waals surface area contributed by atoms with Crippen molar-refractivity contribution in [3.63, 3.8) is 0 Å². The highest BCUT2D eigenvalue weighted by Gasteiger charge is 2.06. The molecule has 0 spiro atoms. The second kappa shape index (κ2) is 9.96. The van der Waals surface area contributed by atoms with Crippen LogP contribution < -0.4 is 5.32 Å². The van der Waals surface area contributed by atoms with Crippen LogP contribution in [0, 0.1) is 0 Å². The van der Waals surface area contributed by atoms with Gasteiger partial charge in [-0.1, -0.05) is 13.8 Å². The smallest absolute Gasteiger partial charge is 0.0949 e. The first-order valence-electron chi connectivity index (χ1n) is 5.09. The fourth-order valence-corrected chi connectivity index (χ4v) is 0.625. The van der Waals surface area contributed by atoms with Gasteiger partial charge in [0, 0.05) is 0 Å². The molecule has 0 unspecified atom stereocenters. The van der Waals surface area contributed by atoms with E-state index in [4.69, 9.17) is 5.26 Å². The van der Waals surface area contributed by atoms with Crippen LogP contribution in [0.2, 0.25) is 0 Å². The first kappa shape index (κ1) is 15.4. The molecule has 1 aliphatic heterocycles. The monoisotopic (exact) mass is 191 g/mol. The standard InChI is InChI=1S/C4H9N.C4H10O2.C2H6/c1-2-4-5-3-1;1-4(2,3)6-5;1-2/h5H,1-4H2;5H,1-3H3;1-2H3. The predicted octanol–water partition coefficient (Wildman–Crippen LogP) is 2.67. The number of nitrogens with one attached hydrogen (secondary N) is 1. The van der Waals surface area contributed by atoms with Gasteiger partial charge in [0.2, 0.25) is 0 Å². The summed E-state index contributed by atoms with van der Waals surface area (Å²) in [6.45, 7) is 11.8. The second-order valence-corrected chi connectivity index (χ2v) is 3.66. The molecule has 1 aliphatic rings. The molecule has 1 fully saturated rings. The van der Waals surface area contributed by atoms with Crippen LogP contribution in [0.3, 0.4) is 0 Å². The molecule has 1 rings (SSSR count). The Bertz CT molecular complexity index is 77.8. The molecular weight excluding hydrogens is 166 g/mol. The molecule has 13 heavy (non-hydrogen) atoms. The molecule has 0 aromatic carbocycles. The van der Waals surface area contributed by atoms with Crippen LogP contribution in [0.15, 0.2) is 0 Å². The Balaban J connectivity index is 0. The summed E-state index contributed by atoms with van der Waals surface area (Å²) in [5.41, 5.74) is -0.403. The minimum atomic E-state index is -0.403. The SMILES string of the molecule is C1CCNC1.CC.CC(C)(C)OO. The van der Waals surface area contributed by atoms with Crippen LogP contribution in [0.1, 0.15) is 47.5 Å². The van der Waals surface area contributed by atoms with Gasteiger partial charge in [-0.25, -0.2) is 4.89 Å². The molecule has 2 N–H and O–H groups in total. The largest absolute Gasteiger partial charge is 0.317 e. The van der Waals surface area contributed by atoms with Crippen molar-refractivity contribution in [3.05, 3.63) is 0 Å². The summed E-state index contributed by atoms with van der Waals surface area (Å²) in [7, 11) is 0. The normalized spacial score (nSPS) is 15.2. The van der Waals surface area contributed by atoms with Crippen molar-refractivity contribution in [1.82, 2.24) is 5.32 Å². The fraction of sp³-hybridized carbons (Fsp3) is 1.00. The van der Waals surface area contributed by atoms with Gasteiger partial charge in [0.15, 0.2) is 0 Å². The predicted molar refractivity (Wildman–Crippen MR) is 56.9 cm³/mol. The van der Waals surface area contributed by atoms with Gasteiger partial charge in [-0.2, -0.15) is 0 Å². The summed E-state index contributed by atoms with van der Waals surface area (Å²) in [6.07, 6.45) is 2.78. The lowest BCUT2D eigenvalue weighted by Gasteiger charge is -2.10. The van der Waals surface area contributed by atoms with Gasteiger partial charge in [0.05, 0.1) is 5.60 Å². The van der Waals surface area contributed by atoms with Gasteiger partial charge in [-0.05, 0) is 46.7 Å². The lowest BCUT2D eigenvalue weighted by Crippen LogP contribution is -2.15. The molecule has 3 heteroatoms. The maximum absolute atomic E-state index is 7.90. The van der Waals surface area contributed by atoms with Gasteiger partial charge < -0.3 is 5.32 Å². The topological polar surface area (TPSA) is 41.5 Å². The Morgan fingerprint density at radius 1 is 1.08 bits per heavy atom. The maximum Gasteiger partial charge on any atom is 0.0949 e. The van der Waals surface area contributed by atoms with E-state index in [9.17, 15) is 0 Å². The van der Waals surface area contributed by atoms with Crippen LogP contribution in [0.25, 0.3) is 0 Å². The highest BCUT2D eigenvalue weighted by Crippen LogP contribution is 2.01. The molecule has 0 aromatic heterocycles. The van der Waals surface area contributed by atoms with Crippen molar-refractivity contribution in [2.75, 3.05) is 13.1 Å². The van der Waals surface area contributed by atoms with E-state index in [-0.39, 0.29) is 0 Å². The molecule has 0 radical (unpaired) electrons. The summed E-state index contributed by atoms with van der Waals surface area (Å²) < 4.78 is 0. The molecule has 0 aromatic rings. The van der Waals surface area contributed by atoms with E-state index < -0.39 is 5.60 Å². The van der Waals surface area contributed by atoms with Crippen LogP contribution in [0.5, 0.6) is 0 Å². The molecule has 1 saturated heterocycles. The molecule has 3 nitrogen and oxygen atoms in total. The van der Waals surface area contributed by atoms with Crippen molar-refractivity contribution < 1.29 is 10.1 Å². The van der Waals surface area contributed by atoms with Crippen molar-refractivity contribution in [2.45, 2.75) is 53.1 Å². The highest BCUT2D eigenvalue weighted by molar-refractivity contribution is 4.55. The Hall–Kier alpha value is -0.120. The van der Waals surface area contributed by atoms with E-state index in [0.29, 0.717) is 0 Å². The van der Waals surface area contributed by atoms with Gasteiger partial charge >= 0.3 is 0 Å². The average Bonchev–Trinajstić information content (AvgIpc) is 2.64. The molecule has 82 valence electrons. The summed E-state index contributed by atoms with van der Waals surface area (Å²) in [4.78, 5) is 3.94. The quantitative estimate of drug-likeness (QED) is 0.457. The van der Waals surface area contributed by atoms with E-state index in [0.717, 1.165) is 0 Å². The summed E-state index contributed by atoms with van der Waals surface area (Å²) in [5.74, 6) is 0. The third kappa shape index (κ3) is 18.7. The zero-order valence-corrected chi connectivity index (χ0v) is 9.68. The summed E-state index contributed by atoms with van der Waals surface area (Å²) in [6, 6.07) is 0. The van der Waals surface area contributed by atoms with Crippen molar-refractivity contribution in [3.8, 4) is 0 Å². The minimum Gasteiger partial charge on any atom is -0.317 e. The van der Waals surface area contributed by atoms with Crippen LogP contribution in [-0.2, 0) is 4.89 Å². The zero-order valence-electron chi connectivity index (χ0n) is 9.68. The van der Waals surface area contributed by atoms with E-state index in [2.05, 4.69) is 10.2 Å². The molecule has 0 bridgehead atoms. The van der Waals surface area contributed by atoms with E-state index in [1.54, 1.807) is 20.8 Å². The van der Waals surface area contributed by atoms with Crippen molar-refractivity contribution >= 4 is 0 Å². The summed E-state index contributed by atoms with van der Waals surface area (Å²) in [5, 5.41) is 11.1. The molecular formula is C10H25NO2. The van der Waals surface area contributed by atoms with Crippen molar-refractivity contribution in [2.24, 2.45) is 0 Å². The van der Waals surface area contributed by atoms with Gasteiger partial charge in [-0.3, -0.25) is 5.26 Å². The second-order valence-electron chi connectivity index (χ2n) is 3.66. The van der Waals surface area contributed by atoms with E-state index in [1.807, 2.05) is 13.8 Å². The van der Waals surface area contributed by atoms with Gasteiger partial charge in [0.1, 0.15) is 0 Å². The minimum absolute atomic E-state index is 0.403. The first-order chi connectivity index (χ1) is 6.06. The number of hydrogen-bond acceptors (Lipinski definition) is 3. The molecule has 0 aliphatic carbocycles. The lowest BCUT2D eigenvalue weighted by atomic mass is 10.2. The van der Waals surface area contributed by atoms with Gasteiger partial charge in [0.25, 0.3) is 0 Å². The van der Waals surface area contributed by atoms with Gasteiger partial charge in [-0.15, -0.1) is 0 Å². The zero-order chi connectivity index (χ0) is 10.7. The number of hydrogen-bond donors (Lipinski definition) is 2. The van der Waals surface area contributed by atoms with E-state index in [1.165, 1.54) is 25.9 Å². The average molecular weight is 191 g/mol. The maximum atomic E-state index is 7.90. The number of rotatable bonds is 0. The third-order valence-corrected chi connectivity index (χ3v) is 1.23. The highest BCUT2D eigenvalue weighted by atomic mass is 17.1.